The Bertz CT molecular complexity index is 379. The smallest absolute Gasteiger partial charge is 0.101 e. The van der Waals surface area contributed by atoms with Crippen LogP contribution in [0, 0.1) is 6.92 Å². The third kappa shape index (κ3) is 4.07. The highest BCUT2D eigenvalue weighted by molar-refractivity contribution is 7.13. The molecule has 0 aromatic carbocycles. The van der Waals surface area contributed by atoms with Crippen LogP contribution in [0.25, 0.3) is 0 Å². The van der Waals surface area contributed by atoms with Crippen molar-refractivity contribution in [1.29, 1.82) is 0 Å². The number of quaternary nitrogens is 1. The molecule has 5 nitrogen and oxygen atoms in total. The van der Waals surface area contributed by atoms with E-state index in [1.807, 2.05) is 0 Å². The number of likely N-dealkylation sites (N-methyl/N-ethyl adjacent to an activating group) is 1. The zero-order valence-electron chi connectivity index (χ0n) is 10.2. The fourth-order valence-corrected chi connectivity index (χ4v) is 2.57. The second-order valence-corrected chi connectivity index (χ2v) is 4.97. The molecule has 0 radical (unpaired) electrons. The maximum Gasteiger partial charge on any atom is 0.101 e. The first-order valence-corrected chi connectivity index (χ1v) is 6.52. The van der Waals surface area contributed by atoms with Gasteiger partial charge in [-0.2, -0.15) is 0 Å². The second kappa shape index (κ2) is 6.68. The van der Waals surface area contributed by atoms with Gasteiger partial charge in [-0.3, -0.25) is 0 Å². The number of aryl methyl sites for hydroxylation is 1. The number of carboxylic acids is 1. The number of nitrogens with zero attached hydrogens (tertiary/aromatic N) is 1. The van der Waals surface area contributed by atoms with E-state index in [4.69, 9.17) is 5.11 Å². The van der Waals surface area contributed by atoms with E-state index in [9.17, 15) is 9.90 Å². The van der Waals surface area contributed by atoms with Gasteiger partial charge in [0.25, 0.3) is 0 Å². The van der Waals surface area contributed by atoms with Crippen molar-refractivity contribution in [2.24, 2.45) is 0 Å². The summed E-state index contributed by atoms with van der Waals surface area (Å²) < 4.78 is 0. The van der Waals surface area contributed by atoms with Gasteiger partial charge >= 0.3 is 0 Å². The van der Waals surface area contributed by atoms with Crippen molar-refractivity contribution in [3.05, 3.63) is 15.6 Å². The molecule has 0 bridgehead atoms. The molecule has 1 rings (SSSR count). The number of carboxylic acid groups (broad SMARTS) is 1. The van der Waals surface area contributed by atoms with Gasteiger partial charge in [0.2, 0.25) is 0 Å². The van der Waals surface area contributed by atoms with E-state index in [1.165, 1.54) is 16.2 Å². The number of aliphatic hydroxyl groups is 1. The van der Waals surface area contributed by atoms with Gasteiger partial charge < -0.3 is 19.9 Å². The fraction of sp³-hybridized carbons (Fsp3) is 0.636. The number of carbonyl (C=O) groups excluding carboxylic acids is 1. The van der Waals surface area contributed by atoms with E-state index < -0.39 is 5.97 Å². The lowest BCUT2D eigenvalue weighted by Crippen LogP contribution is -3.12. The first-order valence-electron chi connectivity index (χ1n) is 5.70. The predicted molar refractivity (Wildman–Crippen MR) is 63.2 cm³/mol. The average molecular weight is 258 g/mol. The topological polar surface area (TPSA) is 77.7 Å². The second-order valence-electron chi connectivity index (χ2n) is 3.89. The largest absolute Gasteiger partial charge is 0.544 e. The quantitative estimate of drug-likeness (QED) is 0.608. The zero-order chi connectivity index (χ0) is 12.8. The molecule has 17 heavy (non-hydrogen) atoms. The summed E-state index contributed by atoms with van der Waals surface area (Å²) in [6.07, 6.45) is 0.738. The van der Waals surface area contributed by atoms with Crippen LogP contribution < -0.4 is 10.0 Å². The predicted octanol–water partition coefficient (Wildman–Crippen LogP) is -1.75. The lowest BCUT2D eigenvalue weighted by molar-refractivity contribution is -0.898. The molecule has 1 heterocycles. The van der Waals surface area contributed by atoms with Crippen LogP contribution >= 0.6 is 11.3 Å². The highest BCUT2D eigenvalue weighted by Gasteiger charge is 2.11. The Morgan fingerprint density at radius 1 is 1.53 bits per heavy atom. The van der Waals surface area contributed by atoms with E-state index >= 15 is 0 Å². The monoisotopic (exact) mass is 258 g/mol. The molecule has 0 saturated heterocycles. The highest BCUT2D eigenvalue weighted by Crippen LogP contribution is 2.16. The Morgan fingerprint density at radius 3 is 2.71 bits per heavy atom. The summed E-state index contributed by atoms with van der Waals surface area (Å²) >= 11 is 1.19. The number of rotatable bonds is 7. The molecule has 0 aliphatic carbocycles. The number of hydrogen-bond acceptors (Lipinski definition) is 5. The molecule has 0 spiro atoms. The summed E-state index contributed by atoms with van der Waals surface area (Å²) in [5, 5.41) is 20.4. The SMILES string of the molecule is CC[NH+](CCO)CCc1nc(C)c(C(=O)[O-])s1. The summed E-state index contributed by atoms with van der Waals surface area (Å²) in [4.78, 5) is 16.5. The van der Waals surface area contributed by atoms with Crippen molar-refractivity contribution in [1.82, 2.24) is 4.98 Å². The van der Waals surface area contributed by atoms with E-state index in [0.717, 1.165) is 24.5 Å². The molecule has 0 aliphatic heterocycles. The lowest BCUT2D eigenvalue weighted by atomic mass is 10.3. The fourth-order valence-electron chi connectivity index (χ4n) is 1.67. The van der Waals surface area contributed by atoms with Crippen LogP contribution in [0.15, 0.2) is 0 Å². The maximum absolute atomic E-state index is 10.8. The first kappa shape index (κ1) is 14.1. The van der Waals surface area contributed by atoms with Gasteiger partial charge in [0.15, 0.2) is 0 Å². The van der Waals surface area contributed by atoms with Crippen molar-refractivity contribution in [2.45, 2.75) is 20.3 Å². The highest BCUT2D eigenvalue weighted by atomic mass is 32.1. The van der Waals surface area contributed by atoms with Gasteiger partial charge in [-0.25, -0.2) is 4.98 Å². The Labute approximate surface area is 105 Å². The molecule has 0 aliphatic rings. The van der Waals surface area contributed by atoms with Crippen LogP contribution in [0.3, 0.4) is 0 Å². The molecule has 1 aromatic rings. The molecule has 6 heteroatoms. The van der Waals surface area contributed by atoms with E-state index in [-0.39, 0.29) is 11.5 Å². The molecule has 1 unspecified atom stereocenters. The number of aromatic carboxylic acids is 1. The van der Waals surface area contributed by atoms with Gasteiger partial charge in [0.05, 0.1) is 41.2 Å². The number of aromatic nitrogens is 1. The number of nitrogens with one attached hydrogen (secondary N) is 1. The minimum absolute atomic E-state index is 0.171. The third-order valence-corrected chi connectivity index (χ3v) is 3.88. The van der Waals surface area contributed by atoms with E-state index in [2.05, 4.69) is 11.9 Å². The summed E-state index contributed by atoms with van der Waals surface area (Å²) in [6.45, 7) is 6.43. The molecule has 0 amide bonds. The minimum Gasteiger partial charge on any atom is -0.544 e. The van der Waals surface area contributed by atoms with Gasteiger partial charge in [0.1, 0.15) is 6.54 Å². The molecule has 0 fully saturated rings. The Kier molecular flexibility index (Phi) is 5.54. The van der Waals surface area contributed by atoms with E-state index in [1.54, 1.807) is 6.92 Å². The van der Waals surface area contributed by atoms with Crippen molar-refractivity contribution in [2.75, 3.05) is 26.2 Å². The molecule has 0 saturated carbocycles. The molecule has 1 atom stereocenters. The van der Waals surface area contributed by atoms with Crippen LogP contribution in [-0.2, 0) is 6.42 Å². The molecule has 96 valence electrons. The van der Waals surface area contributed by atoms with Crippen LogP contribution in [0.1, 0.15) is 27.3 Å². The molecular formula is C11H18N2O3S. The first-order chi connectivity index (χ1) is 8.08. The number of aliphatic hydroxyl groups excluding tert-OH is 1. The molecule has 1 aromatic heterocycles. The van der Waals surface area contributed by atoms with Crippen LogP contribution in [0.2, 0.25) is 0 Å². The Hall–Kier alpha value is -0.980. The molecule has 2 N–H and O–H groups in total. The minimum atomic E-state index is -1.15. The molecular weight excluding hydrogens is 240 g/mol. The number of thiazole rings is 1. The Balaban J connectivity index is 2.57. The zero-order valence-corrected chi connectivity index (χ0v) is 11.0. The Morgan fingerprint density at radius 2 is 2.24 bits per heavy atom. The standard InChI is InChI=1S/C11H18N2O3S/c1-3-13(6-7-14)5-4-9-12-8(2)10(17-9)11(15)16/h14H,3-7H2,1-2H3,(H,15,16). The summed E-state index contributed by atoms with van der Waals surface area (Å²) in [5.74, 6) is -1.15. The number of hydrogen-bond donors (Lipinski definition) is 2. The number of carbonyl (C=O) groups is 1. The normalized spacial score (nSPS) is 12.6. The van der Waals surface area contributed by atoms with Gasteiger partial charge in [-0.1, -0.05) is 0 Å². The summed E-state index contributed by atoms with van der Waals surface area (Å²) in [7, 11) is 0. The van der Waals surface area contributed by atoms with Crippen molar-refractivity contribution in [3.63, 3.8) is 0 Å². The van der Waals surface area contributed by atoms with Crippen LogP contribution in [0.4, 0.5) is 0 Å². The van der Waals surface area contributed by atoms with Gasteiger partial charge in [0, 0.05) is 6.42 Å². The van der Waals surface area contributed by atoms with Crippen LogP contribution in [0.5, 0.6) is 0 Å². The summed E-state index contributed by atoms with van der Waals surface area (Å²) in [6, 6.07) is 0. The van der Waals surface area contributed by atoms with Crippen molar-refractivity contribution in [3.8, 4) is 0 Å². The maximum atomic E-state index is 10.8. The average Bonchev–Trinajstić information content (AvgIpc) is 2.66. The van der Waals surface area contributed by atoms with Gasteiger partial charge in [-0.05, 0) is 13.8 Å². The van der Waals surface area contributed by atoms with Gasteiger partial charge in [-0.15, -0.1) is 11.3 Å². The van der Waals surface area contributed by atoms with E-state index in [0.29, 0.717) is 12.2 Å². The van der Waals surface area contributed by atoms with Crippen LogP contribution in [-0.4, -0.2) is 42.3 Å². The van der Waals surface area contributed by atoms with Crippen molar-refractivity contribution < 1.29 is 19.9 Å². The van der Waals surface area contributed by atoms with Crippen molar-refractivity contribution >= 4 is 17.3 Å². The lowest BCUT2D eigenvalue weighted by Gasteiger charge is -2.15. The third-order valence-electron chi connectivity index (χ3n) is 2.68. The summed E-state index contributed by atoms with van der Waals surface area (Å²) in [5.41, 5.74) is 0.533.